The molecule has 114 valence electrons. The molecule has 2 rings (SSSR count). The molecule has 1 aliphatic heterocycles. The number of sulfonamides is 1. The van der Waals surface area contributed by atoms with Crippen molar-refractivity contribution >= 4 is 22.0 Å². The first-order valence-electron chi connectivity index (χ1n) is 6.57. The van der Waals surface area contributed by atoms with Crippen molar-refractivity contribution in [2.45, 2.75) is 25.3 Å². The lowest BCUT2D eigenvalue weighted by Gasteiger charge is -2.24. The van der Waals surface area contributed by atoms with Gasteiger partial charge in [-0.15, -0.1) is 0 Å². The van der Waals surface area contributed by atoms with Gasteiger partial charge in [0, 0.05) is 13.1 Å². The molecule has 2 aliphatic rings. The number of rotatable bonds is 4. The number of carbonyl (C=O) groups is 2. The maximum absolute atomic E-state index is 12.0. The van der Waals surface area contributed by atoms with Gasteiger partial charge >= 0.3 is 12.0 Å². The summed E-state index contributed by atoms with van der Waals surface area (Å²) >= 11 is 0. The number of primary sulfonamides is 1. The van der Waals surface area contributed by atoms with E-state index in [9.17, 15) is 23.1 Å². The van der Waals surface area contributed by atoms with Gasteiger partial charge < -0.3 is 15.3 Å². The van der Waals surface area contributed by atoms with Crippen LogP contribution in [-0.4, -0.2) is 55.3 Å². The van der Waals surface area contributed by atoms with Crippen molar-refractivity contribution < 1.29 is 23.1 Å². The topological polar surface area (TPSA) is 130 Å². The van der Waals surface area contributed by atoms with Crippen LogP contribution in [0.25, 0.3) is 0 Å². The van der Waals surface area contributed by atoms with E-state index in [-0.39, 0.29) is 24.1 Å². The molecule has 2 fully saturated rings. The van der Waals surface area contributed by atoms with Gasteiger partial charge in [-0.1, -0.05) is 6.42 Å². The summed E-state index contributed by atoms with van der Waals surface area (Å²) in [6.45, 7) is 0.304. The van der Waals surface area contributed by atoms with Gasteiger partial charge in [-0.05, 0) is 24.7 Å². The lowest BCUT2D eigenvalue weighted by atomic mass is 9.94. The molecule has 3 unspecified atom stereocenters. The van der Waals surface area contributed by atoms with Crippen molar-refractivity contribution in [2.24, 2.45) is 17.0 Å². The molecular formula is C11H19N3O5S. The molecule has 4 N–H and O–H groups in total. The van der Waals surface area contributed by atoms with Crippen molar-refractivity contribution in [1.29, 1.82) is 0 Å². The second-order valence-corrected chi connectivity index (χ2v) is 7.12. The number of carbonyl (C=O) groups excluding carboxylic acids is 1. The van der Waals surface area contributed by atoms with E-state index >= 15 is 0 Å². The van der Waals surface area contributed by atoms with Crippen LogP contribution in [0.4, 0.5) is 4.79 Å². The molecule has 8 nitrogen and oxygen atoms in total. The lowest BCUT2D eigenvalue weighted by Crippen LogP contribution is -2.48. The summed E-state index contributed by atoms with van der Waals surface area (Å²) in [7, 11) is -3.64. The predicted octanol–water partition coefficient (Wildman–Crippen LogP) is -0.830. The van der Waals surface area contributed by atoms with Gasteiger partial charge in [0.1, 0.15) is 6.04 Å². The monoisotopic (exact) mass is 305 g/mol. The molecule has 0 aromatic heterocycles. The van der Waals surface area contributed by atoms with E-state index in [4.69, 9.17) is 5.14 Å². The van der Waals surface area contributed by atoms with Gasteiger partial charge in [-0.25, -0.2) is 23.1 Å². The number of nitrogens with two attached hydrogens (primary N) is 1. The zero-order valence-corrected chi connectivity index (χ0v) is 11.8. The molecule has 20 heavy (non-hydrogen) atoms. The first-order chi connectivity index (χ1) is 9.29. The fourth-order valence-corrected chi connectivity index (χ4v) is 3.62. The van der Waals surface area contributed by atoms with Crippen LogP contribution in [0.2, 0.25) is 0 Å². The van der Waals surface area contributed by atoms with Crippen LogP contribution in [-0.2, 0) is 14.8 Å². The van der Waals surface area contributed by atoms with E-state index in [1.54, 1.807) is 0 Å². The summed E-state index contributed by atoms with van der Waals surface area (Å²) in [5, 5.41) is 16.6. The Balaban J connectivity index is 1.97. The zero-order valence-electron chi connectivity index (χ0n) is 11.0. The molecule has 0 aromatic carbocycles. The lowest BCUT2D eigenvalue weighted by molar-refractivity contribution is -0.142. The number of aliphatic carboxylic acids is 1. The highest BCUT2D eigenvalue weighted by Crippen LogP contribution is 2.42. The number of nitrogens with zero attached hydrogens (tertiary/aromatic N) is 1. The minimum absolute atomic E-state index is 0.0106. The fraction of sp³-hybridized carbons (Fsp3) is 0.818. The number of nitrogens with one attached hydrogen (secondary N) is 1. The van der Waals surface area contributed by atoms with Crippen molar-refractivity contribution in [3.8, 4) is 0 Å². The molecule has 0 radical (unpaired) electrons. The van der Waals surface area contributed by atoms with Gasteiger partial charge in [0.05, 0.1) is 5.75 Å². The number of amides is 2. The molecule has 2 amide bonds. The third kappa shape index (κ3) is 3.21. The molecule has 1 heterocycles. The van der Waals surface area contributed by atoms with Crippen molar-refractivity contribution in [1.82, 2.24) is 10.2 Å². The van der Waals surface area contributed by atoms with Gasteiger partial charge in [-0.2, -0.15) is 0 Å². The van der Waals surface area contributed by atoms with Crippen LogP contribution in [0.5, 0.6) is 0 Å². The Morgan fingerprint density at radius 2 is 2.05 bits per heavy atom. The van der Waals surface area contributed by atoms with E-state index < -0.39 is 28.1 Å². The number of carboxylic acids is 1. The first kappa shape index (κ1) is 15.0. The standard InChI is InChI=1S/C11H19N3O5S/c12-20(18,19)5-4-13-11(17)14-6-7-2-1-3-8(7)9(14)10(15)16/h7-9H,1-6H2,(H,13,17)(H,15,16)(H2,12,18,19). The average molecular weight is 305 g/mol. The minimum atomic E-state index is -3.64. The summed E-state index contributed by atoms with van der Waals surface area (Å²) in [4.78, 5) is 24.7. The number of hydrogen-bond acceptors (Lipinski definition) is 4. The third-order valence-electron chi connectivity index (χ3n) is 4.07. The number of carboxylic acid groups (broad SMARTS) is 1. The number of hydrogen-bond donors (Lipinski definition) is 3. The largest absolute Gasteiger partial charge is 0.480 e. The molecule has 0 bridgehead atoms. The van der Waals surface area contributed by atoms with E-state index in [0.29, 0.717) is 6.54 Å². The molecular weight excluding hydrogens is 286 g/mol. The Kier molecular flexibility index (Phi) is 4.19. The minimum Gasteiger partial charge on any atom is -0.480 e. The Morgan fingerprint density at radius 1 is 1.35 bits per heavy atom. The molecule has 9 heteroatoms. The van der Waals surface area contributed by atoms with E-state index in [1.807, 2.05) is 0 Å². The maximum atomic E-state index is 12.0. The summed E-state index contributed by atoms with van der Waals surface area (Å²) in [6.07, 6.45) is 2.76. The van der Waals surface area contributed by atoms with Crippen LogP contribution in [0.1, 0.15) is 19.3 Å². The summed E-state index contributed by atoms with van der Waals surface area (Å²) in [5.41, 5.74) is 0. The van der Waals surface area contributed by atoms with Crippen LogP contribution in [0, 0.1) is 11.8 Å². The summed E-state index contributed by atoms with van der Waals surface area (Å²) < 4.78 is 21.6. The Bertz CT molecular complexity index is 506. The Labute approximate surface area is 117 Å². The predicted molar refractivity (Wildman–Crippen MR) is 70.3 cm³/mol. The number of likely N-dealkylation sites (tertiary alicyclic amines) is 1. The molecule has 3 atom stereocenters. The normalized spacial score (nSPS) is 29.2. The van der Waals surface area contributed by atoms with Crippen molar-refractivity contribution in [2.75, 3.05) is 18.8 Å². The molecule has 0 aromatic rings. The third-order valence-corrected chi connectivity index (χ3v) is 4.84. The molecule has 1 saturated carbocycles. The van der Waals surface area contributed by atoms with E-state index in [0.717, 1.165) is 19.3 Å². The molecule has 1 saturated heterocycles. The first-order valence-corrected chi connectivity index (χ1v) is 8.29. The average Bonchev–Trinajstić information content (AvgIpc) is 2.84. The Morgan fingerprint density at radius 3 is 2.65 bits per heavy atom. The second kappa shape index (κ2) is 5.57. The smallest absolute Gasteiger partial charge is 0.326 e. The van der Waals surface area contributed by atoms with Gasteiger partial charge in [0.25, 0.3) is 0 Å². The number of urea groups is 1. The van der Waals surface area contributed by atoms with Crippen LogP contribution >= 0.6 is 0 Å². The van der Waals surface area contributed by atoms with Crippen LogP contribution in [0.15, 0.2) is 0 Å². The highest BCUT2D eigenvalue weighted by atomic mass is 32.2. The van der Waals surface area contributed by atoms with Gasteiger partial charge in [-0.3, -0.25) is 0 Å². The second-order valence-electron chi connectivity index (χ2n) is 5.39. The summed E-state index contributed by atoms with van der Waals surface area (Å²) in [6, 6.07) is -1.34. The van der Waals surface area contributed by atoms with Crippen LogP contribution in [0.3, 0.4) is 0 Å². The molecule has 0 spiro atoms. The zero-order chi connectivity index (χ0) is 14.9. The van der Waals surface area contributed by atoms with Gasteiger partial charge in [0.2, 0.25) is 10.0 Å². The summed E-state index contributed by atoms with van der Waals surface area (Å²) in [5.74, 6) is -1.12. The van der Waals surface area contributed by atoms with Crippen molar-refractivity contribution in [3.05, 3.63) is 0 Å². The highest BCUT2D eigenvalue weighted by Gasteiger charge is 2.49. The number of fused-ring (bicyclic) bond motifs is 1. The fourth-order valence-electron chi connectivity index (χ4n) is 3.23. The van der Waals surface area contributed by atoms with Gasteiger partial charge in [0.15, 0.2) is 0 Å². The SMILES string of the molecule is NS(=O)(=O)CCNC(=O)N1CC2CCCC2C1C(=O)O. The maximum Gasteiger partial charge on any atom is 0.326 e. The highest BCUT2D eigenvalue weighted by molar-refractivity contribution is 7.89. The van der Waals surface area contributed by atoms with Crippen LogP contribution < -0.4 is 10.5 Å². The van der Waals surface area contributed by atoms with E-state index in [2.05, 4.69) is 5.32 Å². The molecule has 1 aliphatic carbocycles. The quantitative estimate of drug-likeness (QED) is 0.624. The Hall–Kier alpha value is -1.35. The van der Waals surface area contributed by atoms with E-state index in [1.165, 1.54) is 4.90 Å². The van der Waals surface area contributed by atoms with Crippen molar-refractivity contribution in [3.63, 3.8) is 0 Å².